The molecular weight excluding hydrogens is 294 g/mol. The van der Waals surface area contributed by atoms with Gasteiger partial charge in [-0.2, -0.15) is 0 Å². The van der Waals surface area contributed by atoms with Crippen molar-refractivity contribution in [2.45, 2.75) is 13.8 Å². The van der Waals surface area contributed by atoms with E-state index in [9.17, 15) is 4.79 Å². The molecule has 0 spiro atoms. The van der Waals surface area contributed by atoms with E-state index in [-0.39, 0.29) is 5.91 Å². The third kappa shape index (κ3) is 2.56. The van der Waals surface area contributed by atoms with Gasteiger partial charge in [0, 0.05) is 56.7 Å². The second kappa shape index (κ2) is 5.33. The fraction of sp³-hybridized carbons (Fsp3) is 0.500. The molecule has 0 aromatic carbocycles. The van der Waals surface area contributed by atoms with Crippen LogP contribution in [0.1, 0.15) is 22.1 Å². The van der Waals surface area contributed by atoms with Crippen molar-refractivity contribution in [1.29, 1.82) is 0 Å². The number of aryl methyl sites for hydroxylation is 2. The van der Waals surface area contributed by atoms with Crippen LogP contribution in [0, 0.1) is 25.7 Å². The number of nitrogens with zero attached hydrogens (tertiary/aromatic N) is 5. The predicted octanol–water partition coefficient (Wildman–Crippen LogP) is 1.29. The van der Waals surface area contributed by atoms with E-state index in [1.54, 1.807) is 13.3 Å². The zero-order chi connectivity index (χ0) is 16.0. The summed E-state index contributed by atoms with van der Waals surface area (Å²) in [5.74, 6) is 2.46. The number of amides is 1. The van der Waals surface area contributed by atoms with Gasteiger partial charge in [0.1, 0.15) is 18.4 Å². The van der Waals surface area contributed by atoms with Crippen molar-refractivity contribution in [2.24, 2.45) is 11.8 Å². The predicted molar refractivity (Wildman–Crippen MR) is 83.1 cm³/mol. The Morgan fingerprint density at radius 1 is 1.17 bits per heavy atom. The highest BCUT2D eigenvalue weighted by atomic mass is 16.3. The van der Waals surface area contributed by atoms with Gasteiger partial charge in [-0.3, -0.25) is 4.79 Å². The molecule has 0 bridgehead atoms. The average Bonchev–Trinajstić information content (AvgIpc) is 3.20. The summed E-state index contributed by atoms with van der Waals surface area (Å²) in [4.78, 5) is 29.3. The van der Waals surface area contributed by atoms with E-state index in [0.29, 0.717) is 23.4 Å². The van der Waals surface area contributed by atoms with Crippen molar-refractivity contribution in [1.82, 2.24) is 19.9 Å². The number of fused-ring (bicyclic) bond motifs is 1. The van der Waals surface area contributed by atoms with Gasteiger partial charge < -0.3 is 14.2 Å². The Balaban J connectivity index is 1.43. The van der Waals surface area contributed by atoms with E-state index in [4.69, 9.17) is 4.42 Å². The maximum Gasteiger partial charge on any atom is 0.275 e. The lowest BCUT2D eigenvalue weighted by Crippen LogP contribution is -2.33. The number of oxazole rings is 1. The van der Waals surface area contributed by atoms with Gasteiger partial charge in [-0.25, -0.2) is 15.0 Å². The van der Waals surface area contributed by atoms with Gasteiger partial charge in [-0.15, -0.1) is 0 Å². The minimum atomic E-state index is -0.0271. The third-order valence-electron chi connectivity index (χ3n) is 4.72. The van der Waals surface area contributed by atoms with Gasteiger partial charge in [0.2, 0.25) is 0 Å². The molecule has 23 heavy (non-hydrogen) atoms. The van der Waals surface area contributed by atoms with Crippen molar-refractivity contribution in [3.63, 3.8) is 0 Å². The summed E-state index contributed by atoms with van der Waals surface area (Å²) in [5, 5.41) is 0. The lowest BCUT2D eigenvalue weighted by Gasteiger charge is -2.22. The largest absolute Gasteiger partial charge is 0.448 e. The van der Waals surface area contributed by atoms with E-state index in [1.807, 2.05) is 17.9 Å². The molecule has 0 saturated carbocycles. The van der Waals surface area contributed by atoms with Crippen LogP contribution in [-0.4, -0.2) is 51.9 Å². The quantitative estimate of drug-likeness (QED) is 0.831. The highest BCUT2D eigenvalue weighted by Gasteiger charge is 2.42. The van der Waals surface area contributed by atoms with Crippen molar-refractivity contribution >= 4 is 11.7 Å². The van der Waals surface area contributed by atoms with E-state index in [1.165, 1.54) is 6.26 Å². The zero-order valence-electron chi connectivity index (χ0n) is 13.3. The molecular formula is C16H19N5O2. The summed E-state index contributed by atoms with van der Waals surface area (Å²) >= 11 is 0. The standard InChI is InChI=1S/C16H19N5O2/c1-10-3-15(18-9-17-10)20-4-12-6-21(7-13(12)5-20)16(22)14-8-23-11(2)19-14/h3,8-9,12-13H,4-7H2,1-2H3. The number of carbonyl (C=O) groups is 1. The monoisotopic (exact) mass is 313 g/mol. The second-order valence-electron chi connectivity index (χ2n) is 6.40. The first-order valence-electron chi connectivity index (χ1n) is 7.85. The molecule has 7 heteroatoms. The number of hydrogen-bond acceptors (Lipinski definition) is 6. The number of hydrogen-bond donors (Lipinski definition) is 0. The smallest absolute Gasteiger partial charge is 0.275 e. The Bertz CT molecular complexity index is 730. The minimum absolute atomic E-state index is 0.0271. The van der Waals surface area contributed by atoms with Crippen molar-refractivity contribution in [3.8, 4) is 0 Å². The molecule has 4 rings (SSSR count). The van der Waals surface area contributed by atoms with Crippen LogP contribution < -0.4 is 4.90 Å². The molecule has 2 aliphatic rings. The van der Waals surface area contributed by atoms with Gasteiger partial charge in [0.05, 0.1) is 0 Å². The van der Waals surface area contributed by atoms with Gasteiger partial charge in [-0.1, -0.05) is 0 Å². The Morgan fingerprint density at radius 3 is 2.52 bits per heavy atom. The van der Waals surface area contributed by atoms with Gasteiger partial charge in [-0.05, 0) is 6.92 Å². The normalized spacial score (nSPS) is 23.4. The van der Waals surface area contributed by atoms with Crippen LogP contribution in [0.4, 0.5) is 5.82 Å². The molecule has 120 valence electrons. The lowest BCUT2D eigenvalue weighted by molar-refractivity contribution is 0.0776. The topological polar surface area (TPSA) is 75.4 Å². The molecule has 2 unspecified atom stereocenters. The van der Waals surface area contributed by atoms with Crippen LogP contribution in [0.15, 0.2) is 23.1 Å². The van der Waals surface area contributed by atoms with Gasteiger partial charge in [0.25, 0.3) is 5.91 Å². The van der Waals surface area contributed by atoms with E-state index < -0.39 is 0 Å². The molecule has 2 aromatic heterocycles. The summed E-state index contributed by atoms with van der Waals surface area (Å²) in [6.07, 6.45) is 3.06. The Hall–Kier alpha value is -2.44. The molecule has 2 saturated heterocycles. The summed E-state index contributed by atoms with van der Waals surface area (Å²) in [5.41, 5.74) is 1.39. The van der Waals surface area contributed by atoms with Crippen LogP contribution in [-0.2, 0) is 0 Å². The first-order chi connectivity index (χ1) is 11.1. The maximum absolute atomic E-state index is 12.5. The summed E-state index contributed by atoms with van der Waals surface area (Å²) in [6.45, 7) is 7.14. The molecule has 0 aliphatic carbocycles. The molecule has 2 aliphatic heterocycles. The molecule has 2 fully saturated rings. The fourth-order valence-electron chi connectivity index (χ4n) is 3.58. The number of likely N-dealkylation sites (tertiary alicyclic amines) is 1. The average molecular weight is 313 g/mol. The SMILES string of the molecule is Cc1cc(N2CC3CN(C(=O)c4coc(C)n4)CC3C2)ncn1. The van der Waals surface area contributed by atoms with Gasteiger partial charge >= 0.3 is 0 Å². The van der Waals surface area contributed by atoms with Crippen LogP contribution >= 0.6 is 0 Å². The Kier molecular flexibility index (Phi) is 3.28. The Labute approximate surface area is 134 Å². The van der Waals surface area contributed by atoms with E-state index in [2.05, 4.69) is 19.9 Å². The minimum Gasteiger partial charge on any atom is -0.448 e. The number of aromatic nitrogens is 3. The first-order valence-corrected chi connectivity index (χ1v) is 7.85. The first kappa shape index (κ1) is 14.2. The molecule has 0 radical (unpaired) electrons. The maximum atomic E-state index is 12.5. The summed E-state index contributed by atoms with van der Waals surface area (Å²) in [7, 11) is 0. The molecule has 4 heterocycles. The van der Waals surface area contributed by atoms with Crippen LogP contribution in [0.5, 0.6) is 0 Å². The molecule has 2 atom stereocenters. The van der Waals surface area contributed by atoms with Crippen LogP contribution in [0.3, 0.4) is 0 Å². The molecule has 0 N–H and O–H groups in total. The highest BCUT2D eigenvalue weighted by molar-refractivity contribution is 5.92. The summed E-state index contributed by atoms with van der Waals surface area (Å²) < 4.78 is 5.14. The number of rotatable bonds is 2. The number of anilines is 1. The molecule has 1 amide bonds. The van der Waals surface area contributed by atoms with E-state index in [0.717, 1.165) is 37.7 Å². The van der Waals surface area contributed by atoms with Crippen molar-refractivity contribution in [3.05, 3.63) is 35.9 Å². The highest BCUT2D eigenvalue weighted by Crippen LogP contribution is 2.33. The van der Waals surface area contributed by atoms with Crippen LogP contribution in [0.25, 0.3) is 0 Å². The number of carbonyl (C=O) groups excluding carboxylic acids is 1. The third-order valence-corrected chi connectivity index (χ3v) is 4.72. The van der Waals surface area contributed by atoms with E-state index >= 15 is 0 Å². The summed E-state index contributed by atoms with van der Waals surface area (Å²) in [6, 6.07) is 2.02. The lowest BCUT2D eigenvalue weighted by atomic mass is 10.0. The molecule has 2 aromatic rings. The fourth-order valence-corrected chi connectivity index (χ4v) is 3.58. The van der Waals surface area contributed by atoms with Crippen LogP contribution in [0.2, 0.25) is 0 Å². The van der Waals surface area contributed by atoms with Crippen molar-refractivity contribution in [2.75, 3.05) is 31.1 Å². The van der Waals surface area contributed by atoms with Gasteiger partial charge in [0.15, 0.2) is 11.6 Å². The Morgan fingerprint density at radius 2 is 1.91 bits per heavy atom. The second-order valence-corrected chi connectivity index (χ2v) is 6.40. The zero-order valence-corrected chi connectivity index (χ0v) is 13.3. The molecule has 7 nitrogen and oxygen atoms in total. The van der Waals surface area contributed by atoms with Crippen molar-refractivity contribution < 1.29 is 9.21 Å².